The molecule has 1 unspecified atom stereocenters. The van der Waals surface area contributed by atoms with E-state index in [4.69, 9.17) is 4.74 Å². The lowest BCUT2D eigenvalue weighted by molar-refractivity contribution is -0.149. The molecule has 0 saturated carbocycles. The molecule has 1 atom stereocenters. The Labute approximate surface area is 217 Å². The van der Waals surface area contributed by atoms with E-state index in [9.17, 15) is 19.2 Å². The number of carbonyl (C=O) groups is 4. The zero-order valence-electron chi connectivity index (χ0n) is 20.9. The van der Waals surface area contributed by atoms with Gasteiger partial charge in [-0.2, -0.15) is 0 Å². The van der Waals surface area contributed by atoms with Crippen molar-refractivity contribution in [2.75, 3.05) is 6.54 Å². The van der Waals surface area contributed by atoms with Gasteiger partial charge in [-0.15, -0.1) is 0 Å². The number of amides is 2. The second-order valence-electron chi connectivity index (χ2n) is 8.62. The van der Waals surface area contributed by atoms with Gasteiger partial charge in [0.1, 0.15) is 12.6 Å². The molecule has 3 aromatic rings. The lowest BCUT2D eigenvalue weighted by Crippen LogP contribution is -2.43. The fourth-order valence-corrected chi connectivity index (χ4v) is 3.76. The summed E-state index contributed by atoms with van der Waals surface area (Å²) in [5.41, 5.74) is 2.75. The minimum Gasteiger partial charge on any atom is -0.459 e. The molecule has 3 aromatic carbocycles. The zero-order valence-corrected chi connectivity index (χ0v) is 20.9. The van der Waals surface area contributed by atoms with Crippen LogP contribution in [-0.2, 0) is 27.4 Å². The molecule has 0 fully saturated rings. The minimum absolute atomic E-state index is 0.0151. The van der Waals surface area contributed by atoms with Gasteiger partial charge in [0.15, 0.2) is 5.78 Å². The molecule has 3 rings (SSSR count). The Bertz CT molecular complexity index is 1180. The van der Waals surface area contributed by atoms with Crippen molar-refractivity contribution in [1.29, 1.82) is 0 Å². The summed E-state index contributed by atoms with van der Waals surface area (Å²) in [6, 6.07) is 24.3. The molecule has 2 N–H and O–H groups in total. The van der Waals surface area contributed by atoms with Gasteiger partial charge in [0.05, 0.1) is 0 Å². The van der Waals surface area contributed by atoms with Gasteiger partial charge in [-0.3, -0.25) is 14.4 Å². The van der Waals surface area contributed by atoms with Crippen LogP contribution in [0.15, 0.2) is 84.9 Å². The number of nitrogens with one attached hydrogen (secondary N) is 2. The Morgan fingerprint density at radius 2 is 1.41 bits per heavy atom. The Morgan fingerprint density at radius 3 is 2.05 bits per heavy atom. The first-order chi connectivity index (χ1) is 18.0. The van der Waals surface area contributed by atoms with Crippen LogP contribution >= 0.6 is 0 Å². The van der Waals surface area contributed by atoms with Gasteiger partial charge in [0, 0.05) is 36.9 Å². The van der Waals surface area contributed by atoms with Crippen LogP contribution in [0.2, 0.25) is 0 Å². The Morgan fingerprint density at radius 1 is 0.757 bits per heavy atom. The molecule has 0 aromatic heterocycles. The topological polar surface area (TPSA) is 102 Å². The lowest BCUT2D eigenvalue weighted by Gasteiger charge is -2.18. The first-order valence-electron chi connectivity index (χ1n) is 12.4. The van der Waals surface area contributed by atoms with Gasteiger partial charge in [0.25, 0.3) is 5.91 Å². The van der Waals surface area contributed by atoms with Crippen molar-refractivity contribution in [2.45, 2.75) is 45.3 Å². The van der Waals surface area contributed by atoms with Gasteiger partial charge in [-0.05, 0) is 36.6 Å². The predicted octanol–water partition coefficient (Wildman–Crippen LogP) is 4.26. The molecule has 37 heavy (non-hydrogen) atoms. The highest BCUT2D eigenvalue weighted by Gasteiger charge is 2.23. The third kappa shape index (κ3) is 9.04. The van der Waals surface area contributed by atoms with Gasteiger partial charge >= 0.3 is 5.97 Å². The van der Waals surface area contributed by atoms with E-state index >= 15 is 0 Å². The molecule has 2 amide bonds. The number of hydrogen-bond acceptors (Lipinski definition) is 5. The second-order valence-corrected chi connectivity index (χ2v) is 8.62. The highest BCUT2D eigenvalue weighted by molar-refractivity contribution is 5.96. The lowest BCUT2D eigenvalue weighted by atomic mass is 10.0. The van der Waals surface area contributed by atoms with Crippen molar-refractivity contribution in [3.8, 4) is 0 Å². The fraction of sp³-hybridized carbons (Fsp3) is 0.267. The maximum atomic E-state index is 12.9. The largest absolute Gasteiger partial charge is 0.459 e. The van der Waals surface area contributed by atoms with E-state index in [0.29, 0.717) is 24.1 Å². The molecule has 0 spiro atoms. The summed E-state index contributed by atoms with van der Waals surface area (Å²) in [6.07, 6.45) is 1.03. The molecule has 0 heterocycles. The summed E-state index contributed by atoms with van der Waals surface area (Å²) in [6.45, 7) is 2.40. The van der Waals surface area contributed by atoms with Crippen molar-refractivity contribution in [3.05, 3.63) is 107 Å². The van der Waals surface area contributed by atoms with Crippen molar-refractivity contribution < 1.29 is 23.9 Å². The molecule has 192 valence electrons. The Balaban J connectivity index is 1.55. The van der Waals surface area contributed by atoms with Crippen molar-refractivity contribution in [2.24, 2.45) is 0 Å². The van der Waals surface area contributed by atoms with E-state index in [2.05, 4.69) is 10.6 Å². The molecular weight excluding hydrogens is 468 g/mol. The van der Waals surface area contributed by atoms with Crippen molar-refractivity contribution in [1.82, 2.24) is 10.6 Å². The summed E-state index contributed by atoms with van der Waals surface area (Å²) in [5, 5.41) is 5.51. The highest BCUT2D eigenvalue weighted by atomic mass is 16.5. The molecule has 0 bridgehead atoms. The third-order valence-corrected chi connectivity index (χ3v) is 5.74. The maximum absolute atomic E-state index is 12.9. The number of esters is 1. The number of hydrogen-bond donors (Lipinski definition) is 2. The van der Waals surface area contributed by atoms with Crippen molar-refractivity contribution in [3.63, 3.8) is 0 Å². The fourth-order valence-electron chi connectivity index (χ4n) is 3.76. The number of rotatable bonds is 13. The van der Waals surface area contributed by atoms with Crippen LogP contribution in [0.25, 0.3) is 0 Å². The average molecular weight is 501 g/mol. The van der Waals surface area contributed by atoms with E-state index in [1.807, 2.05) is 43.3 Å². The first kappa shape index (κ1) is 27.3. The van der Waals surface area contributed by atoms with E-state index in [1.165, 1.54) is 0 Å². The quantitative estimate of drug-likeness (QED) is 0.270. The maximum Gasteiger partial charge on any atom is 0.329 e. The molecule has 7 nitrogen and oxygen atoms in total. The van der Waals surface area contributed by atoms with Gasteiger partial charge in [-0.1, -0.05) is 72.8 Å². The predicted molar refractivity (Wildman–Crippen MR) is 141 cm³/mol. The SMILES string of the molecule is CCNC(=O)c1ccc(COC(=O)C(Cc2ccccc2)NC(=O)CCCC(=O)c2ccccc2)cc1. The van der Waals surface area contributed by atoms with Crippen LogP contribution in [0.3, 0.4) is 0 Å². The van der Waals surface area contributed by atoms with Gasteiger partial charge in [-0.25, -0.2) is 4.79 Å². The Kier molecular flexibility index (Phi) is 10.6. The number of Topliss-reactive ketones (excluding diaryl/α,β-unsaturated/α-hetero) is 1. The van der Waals surface area contributed by atoms with Crippen LogP contribution in [-0.4, -0.2) is 36.2 Å². The molecule has 0 aliphatic heterocycles. The molecular formula is C30H32N2O5. The van der Waals surface area contributed by atoms with Crippen LogP contribution in [0.5, 0.6) is 0 Å². The first-order valence-corrected chi connectivity index (χ1v) is 12.4. The summed E-state index contributed by atoms with van der Waals surface area (Å²) >= 11 is 0. The molecule has 7 heteroatoms. The molecule has 0 radical (unpaired) electrons. The third-order valence-electron chi connectivity index (χ3n) is 5.74. The smallest absolute Gasteiger partial charge is 0.329 e. The number of ether oxygens (including phenoxy) is 1. The summed E-state index contributed by atoms with van der Waals surface area (Å²) < 4.78 is 5.50. The van der Waals surface area contributed by atoms with Crippen LogP contribution in [0, 0.1) is 0 Å². The summed E-state index contributed by atoms with van der Waals surface area (Å²) in [5.74, 6) is -1.05. The number of benzene rings is 3. The monoisotopic (exact) mass is 500 g/mol. The molecule has 0 aliphatic carbocycles. The van der Waals surface area contributed by atoms with E-state index in [0.717, 1.165) is 11.1 Å². The number of ketones is 1. The van der Waals surface area contributed by atoms with Crippen LogP contribution in [0.4, 0.5) is 0 Å². The molecule has 0 saturated heterocycles. The van der Waals surface area contributed by atoms with Gasteiger partial charge in [0.2, 0.25) is 5.91 Å². The zero-order chi connectivity index (χ0) is 26.5. The number of carbonyl (C=O) groups excluding carboxylic acids is 4. The van der Waals surface area contributed by atoms with Crippen molar-refractivity contribution >= 4 is 23.6 Å². The molecule has 0 aliphatic rings. The van der Waals surface area contributed by atoms with Crippen LogP contribution < -0.4 is 10.6 Å². The highest BCUT2D eigenvalue weighted by Crippen LogP contribution is 2.11. The standard InChI is InChI=1S/C30H32N2O5/c1-2-31-29(35)25-18-16-23(17-19-25)21-37-30(36)26(20-22-10-5-3-6-11-22)32-28(34)15-9-14-27(33)24-12-7-4-8-13-24/h3-8,10-13,16-19,26H,2,9,14-15,20-21H2,1H3,(H,31,35)(H,32,34). The summed E-state index contributed by atoms with van der Waals surface area (Å²) in [7, 11) is 0. The van der Waals surface area contributed by atoms with E-state index in [-0.39, 0.29) is 43.5 Å². The average Bonchev–Trinajstić information content (AvgIpc) is 2.92. The van der Waals surface area contributed by atoms with Gasteiger partial charge < -0.3 is 15.4 Å². The minimum atomic E-state index is -0.866. The van der Waals surface area contributed by atoms with E-state index in [1.54, 1.807) is 48.5 Å². The van der Waals surface area contributed by atoms with Crippen LogP contribution in [0.1, 0.15) is 58.0 Å². The summed E-state index contributed by atoms with van der Waals surface area (Å²) in [4.78, 5) is 49.8. The normalized spacial score (nSPS) is 11.3. The van der Waals surface area contributed by atoms with E-state index < -0.39 is 12.0 Å². The second kappa shape index (κ2) is 14.3. The Hall–Kier alpha value is -4.26.